The van der Waals surface area contributed by atoms with Crippen molar-refractivity contribution < 1.29 is 9.53 Å². The molecule has 2 aromatic heterocycles. The minimum absolute atomic E-state index is 0.00431. The molecular formula is C24H25N7O2. The number of anilines is 1. The molecule has 5 rings (SSSR count). The molecule has 4 N–H and O–H groups in total. The first kappa shape index (κ1) is 20.9. The van der Waals surface area contributed by atoms with Crippen molar-refractivity contribution in [1.29, 1.82) is 0 Å². The van der Waals surface area contributed by atoms with Gasteiger partial charge in [-0.05, 0) is 49.2 Å². The van der Waals surface area contributed by atoms with E-state index < -0.39 is 0 Å². The van der Waals surface area contributed by atoms with Crippen molar-refractivity contribution in [2.24, 2.45) is 5.73 Å². The van der Waals surface area contributed by atoms with Crippen LogP contribution < -0.4 is 16.2 Å². The summed E-state index contributed by atoms with van der Waals surface area (Å²) in [6.45, 7) is 1.25. The number of nitrogen functional groups attached to an aromatic ring is 1. The number of hydrogen-bond acceptors (Lipinski definition) is 7. The average Bonchev–Trinajstić information content (AvgIpc) is 3.26. The van der Waals surface area contributed by atoms with Crippen LogP contribution in [0.15, 0.2) is 60.9 Å². The van der Waals surface area contributed by atoms with Crippen molar-refractivity contribution >= 4 is 22.8 Å². The lowest BCUT2D eigenvalue weighted by Gasteiger charge is -2.32. The molecule has 0 aliphatic carbocycles. The summed E-state index contributed by atoms with van der Waals surface area (Å²) in [6.07, 6.45) is 3.21. The van der Waals surface area contributed by atoms with E-state index in [2.05, 4.69) is 9.97 Å². The van der Waals surface area contributed by atoms with E-state index in [1.54, 1.807) is 4.90 Å². The van der Waals surface area contributed by atoms with Crippen LogP contribution in [-0.2, 0) is 4.79 Å². The summed E-state index contributed by atoms with van der Waals surface area (Å²) in [4.78, 5) is 22.6. The Labute approximate surface area is 191 Å². The van der Waals surface area contributed by atoms with Crippen molar-refractivity contribution in [3.8, 4) is 22.8 Å². The monoisotopic (exact) mass is 443 g/mol. The maximum atomic E-state index is 12.2. The van der Waals surface area contributed by atoms with Gasteiger partial charge in [-0.3, -0.25) is 4.79 Å². The normalized spacial score (nSPS) is 16.2. The number of carbonyl (C=O) groups is 1. The number of ether oxygens (including phenoxy) is 1. The van der Waals surface area contributed by atoms with E-state index in [9.17, 15) is 4.79 Å². The Kier molecular flexibility index (Phi) is 5.62. The molecule has 1 saturated heterocycles. The zero-order chi connectivity index (χ0) is 22.8. The lowest BCUT2D eigenvalue weighted by molar-refractivity contribution is -0.131. The largest absolute Gasteiger partial charge is 0.457 e. The van der Waals surface area contributed by atoms with Gasteiger partial charge in [-0.25, -0.2) is 14.6 Å². The predicted octanol–water partition coefficient (Wildman–Crippen LogP) is 2.99. The van der Waals surface area contributed by atoms with Gasteiger partial charge in [0.2, 0.25) is 5.91 Å². The smallest absolute Gasteiger partial charge is 0.236 e. The fourth-order valence-corrected chi connectivity index (χ4v) is 4.27. The molecule has 9 heteroatoms. The summed E-state index contributed by atoms with van der Waals surface area (Å²) in [6, 6.07) is 17.3. The number of hydrogen-bond donors (Lipinski definition) is 2. The van der Waals surface area contributed by atoms with Crippen LogP contribution in [0.4, 0.5) is 5.82 Å². The van der Waals surface area contributed by atoms with Crippen molar-refractivity contribution in [2.75, 3.05) is 25.4 Å². The van der Waals surface area contributed by atoms with Crippen LogP contribution in [0.1, 0.15) is 18.9 Å². The Morgan fingerprint density at radius 2 is 1.82 bits per heavy atom. The minimum Gasteiger partial charge on any atom is -0.457 e. The quantitative estimate of drug-likeness (QED) is 0.486. The second kappa shape index (κ2) is 8.87. The van der Waals surface area contributed by atoms with Crippen molar-refractivity contribution in [3.05, 3.63) is 60.9 Å². The van der Waals surface area contributed by atoms with E-state index >= 15 is 0 Å². The third-order valence-corrected chi connectivity index (χ3v) is 5.89. The van der Waals surface area contributed by atoms with E-state index in [0.717, 1.165) is 29.9 Å². The third kappa shape index (κ3) is 4.10. The summed E-state index contributed by atoms with van der Waals surface area (Å²) in [5.74, 6) is 1.81. The van der Waals surface area contributed by atoms with Crippen LogP contribution >= 0.6 is 0 Å². The summed E-state index contributed by atoms with van der Waals surface area (Å²) >= 11 is 0. The Hall–Kier alpha value is -3.98. The molecule has 0 bridgehead atoms. The third-order valence-electron chi connectivity index (χ3n) is 5.89. The number of nitrogens with two attached hydrogens (primary N) is 2. The number of rotatable bonds is 5. The van der Waals surface area contributed by atoms with Gasteiger partial charge in [0.1, 0.15) is 29.3 Å². The molecule has 1 unspecified atom stereocenters. The van der Waals surface area contributed by atoms with Gasteiger partial charge in [0, 0.05) is 18.7 Å². The number of para-hydroxylation sites is 1. The number of likely N-dealkylation sites (tertiary alicyclic amines) is 1. The maximum absolute atomic E-state index is 12.2. The van der Waals surface area contributed by atoms with Crippen molar-refractivity contribution in [3.63, 3.8) is 0 Å². The molecule has 3 heterocycles. The maximum Gasteiger partial charge on any atom is 0.236 e. The second-order valence-corrected chi connectivity index (χ2v) is 8.03. The van der Waals surface area contributed by atoms with Gasteiger partial charge in [0.05, 0.1) is 18.0 Å². The molecule has 2 aromatic carbocycles. The number of nitrogens with zero attached hydrogens (tertiary/aromatic N) is 5. The van der Waals surface area contributed by atoms with E-state index in [4.69, 9.17) is 21.3 Å². The van der Waals surface area contributed by atoms with E-state index in [0.29, 0.717) is 35.6 Å². The van der Waals surface area contributed by atoms with Gasteiger partial charge < -0.3 is 21.1 Å². The molecule has 1 atom stereocenters. The fraction of sp³-hybridized carbons (Fsp3) is 0.250. The molecule has 1 fully saturated rings. The number of aromatic nitrogens is 4. The van der Waals surface area contributed by atoms with Crippen molar-refractivity contribution in [2.45, 2.75) is 18.9 Å². The molecule has 0 radical (unpaired) electrons. The van der Waals surface area contributed by atoms with Gasteiger partial charge in [-0.2, -0.15) is 5.10 Å². The highest BCUT2D eigenvalue weighted by Crippen LogP contribution is 2.34. The number of benzene rings is 2. The van der Waals surface area contributed by atoms with Gasteiger partial charge in [0.15, 0.2) is 5.65 Å². The number of amides is 1. The summed E-state index contributed by atoms with van der Waals surface area (Å²) < 4.78 is 7.78. The predicted molar refractivity (Wildman–Crippen MR) is 126 cm³/mol. The average molecular weight is 444 g/mol. The Bertz CT molecular complexity index is 1270. The first-order chi connectivity index (χ1) is 16.1. The Morgan fingerprint density at radius 1 is 1.06 bits per heavy atom. The SMILES string of the molecule is NCC(=O)N1CCCC(n2nc(-c3ccc(Oc4ccccc4)cc3)c3c(N)ncnc32)C1. The number of fused-ring (bicyclic) bond motifs is 1. The number of piperidine rings is 1. The lowest BCUT2D eigenvalue weighted by Crippen LogP contribution is -2.43. The standard InChI is InChI=1S/C24H25N7O2/c25-13-20(32)30-12-4-5-17(14-30)31-24-21(23(26)27-15-28-24)22(29-31)16-8-10-19(11-9-16)33-18-6-2-1-3-7-18/h1-3,6-11,15,17H,4-5,12-14,25H2,(H2,26,27,28). The van der Waals surface area contributed by atoms with Gasteiger partial charge in [-0.1, -0.05) is 18.2 Å². The number of carbonyl (C=O) groups excluding carboxylic acids is 1. The highest BCUT2D eigenvalue weighted by Gasteiger charge is 2.28. The summed E-state index contributed by atoms with van der Waals surface area (Å²) in [5.41, 5.74) is 14.1. The lowest BCUT2D eigenvalue weighted by atomic mass is 10.1. The molecule has 168 valence electrons. The fourth-order valence-electron chi connectivity index (χ4n) is 4.27. The molecule has 9 nitrogen and oxygen atoms in total. The molecule has 0 spiro atoms. The van der Waals surface area contributed by atoms with Crippen LogP contribution in [0.2, 0.25) is 0 Å². The van der Waals surface area contributed by atoms with Gasteiger partial charge in [0.25, 0.3) is 0 Å². The van der Waals surface area contributed by atoms with E-state index in [1.165, 1.54) is 6.33 Å². The molecule has 0 saturated carbocycles. The Morgan fingerprint density at radius 3 is 2.58 bits per heavy atom. The van der Waals surface area contributed by atoms with Gasteiger partial charge in [-0.15, -0.1) is 0 Å². The van der Waals surface area contributed by atoms with Crippen LogP contribution in [0.3, 0.4) is 0 Å². The van der Waals surface area contributed by atoms with E-state index in [1.807, 2.05) is 59.3 Å². The Balaban J connectivity index is 1.49. The molecule has 4 aromatic rings. The molecule has 1 aliphatic rings. The molecular weight excluding hydrogens is 418 g/mol. The first-order valence-electron chi connectivity index (χ1n) is 10.9. The topological polar surface area (TPSA) is 125 Å². The minimum atomic E-state index is -0.0560. The highest BCUT2D eigenvalue weighted by atomic mass is 16.5. The van der Waals surface area contributed by atoms with Crippen molar-refractivity contribution in [1.82, 2.24) is 24.6 Å². The van der Waals surface area contributed by atoms with Crippen LogP contribution in [-0.4, -0.2) is 50.2 Å². The molecule has 33 heavy (non-hydrogen) atoms. The highest BCUT2D eigenvalue weighted by molar-refractivity contribution is 5.98. The first-order valence-corrected chi connectivity index (χ1v) is 10.9. The second-order valence-electron chi connectivity index (χ2n) is 8.03. The zero-order valence-corrected chi connectivity index (χ0v) is 18.1. The molecule has 1 aliphatic heterocycles. The van der Waals surface area contributed by atoms with Gasteiger partial charge >= 0.3 is 0 Å². The van der Waals surface area contributed by atoms with Crippen LogP contribution in [0, 0.1) is 0 Å². The summed E-state index contributed by atoms with van der Waals surface area (Å²) in [7, 11) is 0. The van der Waals surface area contributed by atoms with Crippen LogP contribution in [0.25, 0.3) is 22.3 Å². The zero-order valence-electron chi connectivity index (χ0n) is 18.1. The van der Waals surface area contributed by atoms with Crippen LogP contribution in [0.5, 0.6) is 11.5 Å². The molecule has 1 amide bonds. The summed E-state index contributed by atoms with van der Waals surface area (Å²) in [5, 5.41) is 5.61. The van der Waals surface area contributed by atoms with E-state index in [-0.39, 0.29) is 18.5 Å².